The number of hydrogen-bond donors (Lipinski definition) is 1. The van der Waals surface area contributed by atoms with Crippen LogP contribution in [0.5, 0.6) is 0 Å². The van der Waals surface area contributed by atoms with E-state index in [4.69, 9.17) is 0 Å². The first-order valence-electron chi connectivity index (χ1n) is 10.2. The van der Waals surface area contributed by atoms with E-state index in [-0.39, 0.29) is 5.91 Å². The first-order chi connectivity index (χ1) is 13.3. The number of likely N-dealkylation sites (tertiary alicyclic amines) is 1. The Morgan fingerprint density at radius 2 is 1.93 bits per heavy atom. The van der Waals surface area contributed by atoms with E-state index in [2.05, 4.69) is 12.2 Å². The number of aromatic nitrogens is 1. The van der Waals surface area contributed by atoms with Gasteiger partial charge in [-0.15, -0.1) is 0 Å². The third kappa shape index (κ3) is 3.14. The molecule has 1 fully saturated rings. The third-order valence-corrected chi connectivity index (χ3v) is 8.26. The molecule has 2 aliphatic rings. The monoisotopic (exact) mass is 403 g/mol. The maximum Gasteiger partial charge on any atom is 0.253 e. The van der Waals surface area contributed by atoms with Crippen molar-refractivity contribution in [1.29, 1.82) is 0 Å². The lowest BCUT2D eigenvalue weighted by atomic mass is 9.98. The molecule has 3 heterocycles. The van der Waals surface area contributed by atoms with Gasteiger partial charge in [-0.05, 0) is 56.4 Å². The number of nitrogens with one attached hydrogen (secondary N) is 1. The van der Waals surface area contributed by atoms with E-state index in [0.717, 1.165) is 49.1 Å². The highest BCUT2D eigenvalue weighted by Gasteiger charge is 2.30. The first kappa shape index (κ1) is 19.5. The van der Waals surface area contributed by atoms with Crippen LogP contribution in [0.25, 0.3) is 10.9 Å². The Balaban J connectivity index is 1.81. The van der Waals surface area contributed by atoms with Crippen molar-refractivity contribution < 1.29 is 13.2 Å². The molecule has 0 radical (unpaired) electrons. The van der Waals surface area contributed by atoms with Crippen molar-refractivity contribution in [3.05, 3.63) is 35.0 Å². The maximum atomic E-state index is 13.0. The fraction of sp³-hybridized carbons (Fsp3) is 0.571. The average Bonchev–Trinajstić information content (AvgIpc) is 3.02. The van der Waals surface area contributed by atoms with E-state index >= 15 is 0 Å². The molecule has 2 aromatic rings. The van der Waals surface area contributed by atoms with Crippen LogP contribution in [-0.2, 0) is 23.0 Å². The molecule has 0 aliphatic carbocycles. The van der Waals surface area contributed by atoms with E-state index in [1.165, 1.54) is 3.97 Å². The molecule has 6 nitrogen and oxygen atoms in total. The van der Waals surface area contributed by atoms with Crippen LogP contribution in [0.15, 0.2) is 18.2 Å². The minimum Gasteiger partial charge on any atom is -0.339 e. The highest BCUT2D eigenvalue weighted by molar-refractivity contribution is 7.90. The summed E-state index contributed by atoms with van der Waals surface area (Å²) in [5.41, 5.74) is 3.20. The topological polar surface area (TPSA) is 71.4 Å². The quantitative estimate of drug-likeness (QED) is 0.855. The number of rotatable bonds is 3. The summed E-state index contributed by atoms with van der Waals surface area (Å²) in [7, 11) is -3.47. The molecular formula is C21H29N3O3S. The fourth-order valence-corrected chi connectivity index (χ4v) is 5.64. The molecule has 28 heavy (non-hydrogen) atoms. The van der Waals surface area contributed by atoms with E-state index < -0.39 is 15.3 Å². The number of benzene rings is 1. The zero-order valence-electron chi connectivity index (χ0n) is 16.9. The van der Waals surface area contributed by atoms with Crippen molar-refractivity contribution in [1.82, 2.24) is 14.2 Å². The van der Waals surface area contributed by atoms with Crippen molar-refractivity contribution in [2.24, 2.45) is 5.92 Å². The van der Waals surface area contributed by atoms with Gasteiger partial charge >= 0.3 is 0 Å². The molecule has 1 aromatic carbocycles. The van der Waals surface area contributed by atoms with Crippen molar-refractivity contribution in [3.63, 3.8) is 0 Å². The van der Waals surface area contributed by atoms with Gasteiger partial charge in [-0.1, -0.05) is 6.92 Å². The van der Waals surface area contributed by atoms with Crippen molar-refractivity contribution in [2.45, 2.75) is 51.8 Å². The summed E-state index contributed by atoms with van der Waals surface area (Å²) in [5, 5.41) is 3.72. The number of carbonyl (C=O) groups excluding carboxylic acids is 1. The molecular weight excluding hydrogens is 374 g/mol. The summed E-state index contributed by atoms with van der Waals surface area (Å²) >= 11 is 0. The van der Waals surface area contributed by atoms with Crippen LogP contribution in [-0.4, -0.2) is 48.1 Å². The fourth-order valence-electron chi connectivity index (χ4n) is 4.28. The minimum absolute atomic E-state index is 0.0470. The van der Waals surface area contributed by atoms with E-state index in [9.17, 15) is 13.2 Å². The summed E-state index contributed by atoms with van der Waals surface area (Å²) in [6.07, 6.45) is 2.75. The molecule has 0 atom stereocenters. The first-order valence-corrected chi connectivity index (χ1v) is 11.7. The van der Waals surface area contributed by atoms with E-state index in [1.807, 2.05) is 17.0 Å². The molecule has 0 spiro atoms. The summed E-state index contributed by atoms with van der Waals surface area (Å²) in [5.74, 6) is 0.714. The second-order valence-corrected chi connectivity index (χ2v) is 10.8. The second-order valence-electron chi connectivity index (χ2n) is 8.42. The van der Waals surface area contributed by atoms with Crippen molar-refractivity contribution in [3.8, 4) is 0 Å². The van der Waals surface area contributed by atoms with Gasteiger partial charge in [0.2, 0.25) is 10.0 Å². The van der Waals surface area contributed by atoms with Gasteiger partial charge in [0.25, 0.3) is 5.91 Å². The van der Waals surface area contributed by atoms with Gasteiger partial charge in [-0.3, -0.25) is 4.79 Å². The molecule has 0 bridgehead atoms. The predicted octanol–water partition coefficient (Wildman–Crippen LogP) is 2.75. The minimum atomic E-state index is -3.47. The molecule has 7 heteroatoms. The number of hydrogen-bond acceptors (Lipinski definition) is 4. The summed E-state index contributed by atoms with van der Waals surface area (Å²) in [6, 6.07) is 5.50. The van der Waals surface area contributed by atoms with Crippen LogP contribution in [0.1, 0.15) is 55.2 Å². The lowest BCUT2D eigenvalue weighted by molar-refractivity contribution is 0.0697. The second kappa shape index (κ2) is 7.19. The molecule has 4 rings (SSSR count). The largest absolute Gasteiger partial charge is 0.339 e. The van der Waals surface area contributed by atoms with Gasteiger partial charge in [-0.2, -0.15) is 0 Å². The number of fused-ring (bicyclic) bond motifs is 3. The molecule has 1 amide bonds. The van der Waals surface area contributed by atoms with Crippen LogP contribution < -0.4 is 5.32 Å². The predicted molar refractivity (Wildman–Crippen MR) is 111 cm³/mol. The Morgan fingerprint density at radius 3 is 2.61 bits per heavy atom. The maximum absolute atomic E-state index is 13.0. The zero-order valence-corrected chi connectivity index (χ0v) is 17.7. The molecule has 2 aliphatic heterocycles. The van der Waals surface area contributed by atoms with Crippen LogP contribution in [0.2, 0.25) is 0 Å². The molecule has 1 saturated heterocycles. The Morgan fingerprint density at radius 1 is 1.21 bits per heavy atom. The van der Waals surface area contributed by atoms with Crippen molar-refractivity contribution in [2.75, 3.05) is 19.6 Å². The molecule has 152 valence electrons. The Hall–Kier alpha value is -1.86. The summed E-state index contributed by atoms with van der Waals surface area (Å²) in [6.45, 7) is 8.62. The van der Waals surface area contributed by atoms with Gasteiger partial charge in [0, 0.05) is 49.2 Å². The van der Waals surface area contributed by atoms with Gasteiger partial charge < -0.3 is 10.2 Å². The van der Waals surface area contributed by atoms with Gasteiger partial charge in [0.1, 0.15) is 0 Å². The standard InChI is InChI=1S/C21H29N3O3S/c1-14(2)28(26,27)24-19-5-4-16(21(25)23-10-7-15(3)8-11-23)12-17(19)18-13-22-9-6-20(18)24/h4-5,12,14-15,22H,6-11,13H2,1-3H3. The third-order valence-electron chi connectivity index (χ3n) is 6.14. The smallest absolute Gasteiger partial charge is 0.253 e. The SMILES string of the molecule is CC1CCN(C(=O)c2ccc3c(c2)c2c(n3S(=O)(=O)C(C)C)CCNC2)CC1. The van der Waals surface area contributed by atoms with E-state index in [1.54, 1.807) is 19.9 Å². The number of carbonyl (C=O) groups is 1. The summed E-state index contributed by atoms with van der Waals surface area (Å²) < 4.78 is 27.6. The highest BCUT2D eigenvalue weighted by Crippen LogP contribution is 2.32. The Labute approximate surface area is 166 Å². The van der Waals surface area contributed by atoms with Crippen LogP contribution in [0.4, 0.5) is 0 Å². The Kier molecular flexibility index (Phi) is 5.00. The van der Waals surface area contributed by atoms with Gasteiger partial charge in [0.05, 0.1) is 10.8 Å². The molecule has 1 aromatic heterocycles. The highest BCUT2D eigenvalue weighted by atomic mass is 32.2. The van der Waals surface area contributed by atoms with Crippen molar-refractivity contribution >= 4 is 26.8 Å². The zero-order chi connectivity index (χ0) is 20.1. The normalized spacial score (nSPS) is 18.6. The summed E-state index contributed by atoms with van der Waals surface area (Å²) in [4.78, 5) is 14.9. The Bertz CT molecular complexity index is 1020. The number of amides is 1. The number of piperidine rings is 1. The molecule has 1 N–H and O–H groups in total. The van der Waals surface area contributed by atoms with Crippen LogP contribution in [0, 0.1) is 5.92 Å². The van der Waals surface area contributed by atoms with E-state index in [0.29, 0.717) is 30.0 Å². The van der Waals surface area contributed by atoms with Crippen LogP contribution in [0.3, 0.4) is 0 Å². The average molecular weight is 404 g/mol. The van der Waals surface area contributed by atoms with Crippen LogP contribution >= 0.6 is 0 Å². The van der Waals surface area contributed by atoms with Gasteiger partial charge in [0.15, 0.2) is 0 Å². The molecule has 0 unspecified atom stereocenters. The lowest BCUT2D eigenvalue weighted by Gasteiger charge is -2.30. The lowest BCUT2D eigenvalue weighted by Crippen LogP contribution is -2.37. The van der Waals surface area contributed by atoms with Gasteiger partial charge in [-0.25, -0.2) is 12.4 Å². The molecule has 0 saturated carbocycles. The number of nitrogens with zero attached hydrogens (tertiary/aromatic N) is 2.